The Hall–Kier alpha value is -1.77. The Bertz CT molecular complexity index is 635. The first-order valence-corrected chi connectivity index (χ1v) is 6.61. The lowest BCUT2D eigenvalue weighted by Gasteiger charge is -2.23. The normalized spacial score (nSPS) is 12.3. The molecule has 1 aromatic carbocycles. The number of benzene rings is 1. The van der Waals surface area contributed by atoms with Gasteiger partial charge < -0.3 is 9.67 Å². The molecular formula is C16H21NO2. The van der Waals surface area contributed by atoms with E-state index in [9.17, 15) is 9.90 Å². The highest BCUT2D eigenvalue weighted by Crippen LogP contribution is 2.34. The van der Waals surface area contributed by atoms with Gasteiger partial charge in [-0.05, 0) is 46.2 Å². The number of nitrogens with zero attached hydrogens (tertiary/aromatic N) is 1. The molecule has 0 radical (unpaired) electrons. The predicted octanol–water partition coefficient (Wildman–Crippen LogP) is 3.89. The second kappa shape index (κ2) is 4.41. The van der Waals surface area contributed by atoms with Crippen LogP contribution in [0.1, 0.15) is 45.0 Å². The number of aliphatic carboxylic acids is 1. The molecule has 1 heterocycles. The third-order valence-electron chi connectivity index (χ3n) is 3.78. The summed E-state index contributed by atoms with van der Waals surface area (Å²) in [6, 6.07) is 8.34. The van der Waals surface area contributed by atoms with Gasteiger partial charge in [0.1, 0.15) is 0 Å². The van der Waals surface area contributed by atoms with Crippen LogP contribution in [0.5, 0.6) is 0 Å². The van der Waals surface area contributed by atoms with Crippen molar-refractivity contribution in [3.8, 4) is 0 Å². The van der Waals surface area contributed by atoms with Crippen LogP contribution >= 0.6 is 0 Å². The van der Waals surface area contributed by atoms with Gasteiger partial charge in [0.05, 0.1) is 10.9 Å². The Balaban J connectivity index is 2.86. The fraction of sp³-hybridized carbons (Fsp3) is 0.438. The maximum Gasteiger partial charge on any atom is 0.313 e. The van der Waals surface area contributed by atoms with E-state index in [2.05, 4.69) is 31.4 Å². The van der Waals surface area contributed by atoms with Crippen LogP contribution in [0.4, 0.5) is 0 Å². The molecule has 0 aliphatic carbocycles. The van der Waals surface area contributed by atoms with E-state index in [1.54, 1.807) is 13.8 Å². The number of hydrogen-bond donors (Lipinski definition) is 1. The lowest BCUT2D eigenvalue weighted by atomic mass is 9.83. The number of carbonyl (C=O) groups is 1. The molecule has 2 rings (SSSR count). The lowest BCUT2D eigenvalue weighted by molar-refractivity contribution is -0.142. The molecule has 102 valence electrons. The lowest BCUT2D eigenvalue weighted by Crippen LogP contribution is -2.29. The zero-order chi connectivity index (χ0) is 14.4. The van der Waals surface area contributed by atoms with Crippen molar-refractivity contribution < 1.29 is 9.90 Å². The second-order valence-corrected chi connectivity index (χ2v) is 5.92. The first-order valence-electron chi connectivity index (χ1n) is 6.61. The summed E-state index contributed by atoms with van der Waals surface area (Å²) in [6.07, 6.45) is 0. The van der Waals surface area contributed by atoms with E-state index in [1.165, 1.54) is 5.69 Å². The quantitative estimate of drug-likeness (QED) is 0.908. The second-order valence-electron chi connectivity index (χ2n) is 5.92. The SMILES string of the molecule is Cc1cc2cccc(C(C)(C)C(=O)O)c2n1C(C)C. The summed E-state index contributed by atoms with van der Waals surface area (Å²) in [5.41, 5.74) is 2.19. The zero-order valence-corrected chi connectivity index (χ0v) is 12.2. The van der Waals surface area contributed by atoms with E-state index >= 15 is 0 Å². The fourth-order valence-electron chi connectivity index (χ4n) is 2.70. The summed E-state index contributed by atoms with van der Waals surface area (Å²) in [6.45, 7) is 9.83. The number of fused-ring (bicyclic) bond motifs is 1. The maximum absolute atomic E-state index is 11.5. The van der Waals surface area contributed by atoms with Crippen LogP contribution in [0.25, 0.3) is 10.9 Å². The highest BCUT2D eigenvalue weighted by Gasteiger charge is 2.32. The predicted molar refractivity (Wildman–Crippen MR) is 77.7 cm³/mol. The van der Waals surface area contributed by atoms with Crippen molar-refractivity contribution in [2.75, 3.05) is 0 Å². The summed E-state index contributed by atoms with van der Waals surface area (Å²) in [5, 5.41) is 10.6. The minimum atomic E-state index is -0.892. The number of para-hydroxylation sites is 1. The first-order chi connectivity index (χ1) is 8.76. The van der Waals surface area contributed by atoms with Crippen LogP contribution in [0, 0.1) is 6.92 Å². The smallest absolute Gasteiger partial charge is 0.313 e. The van der Waals surface area contributed by atoms with Gasteiger partial charge in [0.15, 0.2) is 0 Å². The van der Waals surface area contributed by atoms with E-state index in [4.69, 9.17) is 0 Å². The number of carboxylic acid groups (broad SMARTS) is 1. The highest BCUT2D eigenvalue weighted by molar-refractivity contribution is 5.91. The molecule has 19 heavy (non-hydrogen) atoms. The third-order valence-corrected chi connectivity index (χ3v) is 3.78. The van der Waals surface area contributed by atoms with Crippen molar-refractivity contribution in [3.63, 3.8) is 0 Å². The van der Waals surface area contributed by atoms with Crippen LogP contribution in [0.2, 0.25) is 0 Å². The van der Waals surface area contributed by atoms with Crippen molar-refractivity contribution in [2.45, 2.75) is 46.1 Å². The summed E-state index contributed by atoms with van der Waals surface area (Å²) < 4.78 is 2.22. The number of hydrogen-bond acceptors (Lipinski definition) is 1. The van der Waals surface area contributed by atoms with Gasteiger partial charge in [-0.25, -0.2) is 0 Å². The topological polar surface area (TPSA) is 42.2 Å². The molecule has 3 nitrogen and oxygen atoms in total. The third kappa shape index (κ3) is 2.03. The minimum absolute atomic E-state index is 0.309. The van der Waals surface area contributed by atoms with Crippen LogP contribution in [-0.4, -0.2) is 15.6 Å². The van der Waals surface area contributed by atoms with Gasteiger partial charge in [0.2, 0.25) is 0 Å². The molecule has 1 aromatic heterocycles. The molecule has 3 heteroatoms. The van der Waals surface area contributed by atoms with E-state index in [1.807, 2.05) is 18.2 Å². The average molecular weight is 259 g/mol. The van der Waals surface area contributed by atoms with Crippen molar-refractivity contribution in [1.29, 1.82) is 0 Å². The first kappa shape index (κ1) is 13.7. The van der Waals surface area contributed by atoms with Crippen molar-refractivity contribution in [1.82, 2.24) is 4.57 Å². The molecule has 0 unspecified atom stereocenters. The van der Waals surface area contributed by atoms with Crippen LogP contribution in [0.15, 0.2) is 24.3 Å². The van der Waals surface area contributed by atoms with Gasteiger partial charge in [-0.15, -0.1) is 0 Å². The van der Waals surface area contributed by atoms with Crippen LogP contribution in [-0.2, 0) is 10.2 Å². The largest absolute Gasteiger partial charge is 0.481 e. The maximum atomic E-state index is 11.5. The molecule has 2 aromatic rings. The number of aryl methyl sites for hydroxylation is 1. The van der Waals surface area contributed by atoms with E-state index in [-0.39, 0.29) is 0 Å². The monoisotopic (exact) mass is 259 g/mol. The standard InChI is InChI=1S/C16H21NO2/c1-10(2)17-11(3)9-12-7-6-8-13(14(12)17)16(4,5)15(18)19/h6-10H,1-5H3,(H,18,19). The molecule has 0 spiro atoms. The number of rotatable bonds is 3. The Morgan fingerprint density at radius 3 is 2.47 bits per heavy atom. The molecule has 1 N–H and O–H groups in total. The Morgan fingerprint density at radius 2 is 1.95 bits per heavy atom. The minimum Gasteiger partial charge on any atom is -0.481 e. The van der Waals surface area contributed by atoms with Gasteiger partial charge in [-0.2, -0.15) is 0 Å². The molecule has 0 bridgehead atoms. The zero-order valence-electron chi connectivity index (χ0n) is 12.2. The number of aromatic nitrogens is 1. The van der Waals surface area contributed by atoms with Gasteiger partial charge in [-0.1, -0.05) is 18.2 Å². The molecule has 0 aliphatic rings. The fourth-order valence-corrected chi connectivity index (χ4v) is 2.70. The Kier molecular flexibility index (Phi) is 3.17. The molecule has 0 aliphatic heterocycles. The Morgan fingerprint density at radius 1 is 1.32 bits per heavy atom. The summed E-state index contributed by atoms with van der Waals surface area (Å²) in [5.74, 6) is -0.797. The summed E-state index contributed by atoms with van der Waals surface area (Å²) >= 11 is 0. The molecule has 0 fully saturated rings. The van der Waals surface area contributed by atoms with E-state index in [0.29, 0.717) is 6.04 Å². The van der Waals surface area contributed by atoms with E-state index < -0.39 is 11.4 Å². The van der Waals surface area contributed by atoms with E-state index in [0.717, 1.165) is 16.5 Å². The summed E-state index contributed by atoms with van der Waals surface area (Å²) in [7, 11) is 0. The highest BCUT2D eigenvalue weighted by atomic mass is 16.4. The van der Waals surface area contributed by atoms with Crippen LogP contribution in [0.3, 0.4) is 0 Å². The molecule has 0 saturated heterocycles. The van der Waals surface area contributed by atoms with Crippen LogP contribution < -0.4 is 0 Å². The average Bonchev–Trinajstić information content (AvgIpc) is 2.63. The molecule has 0 saturated carbocycles. The van der Waals surface area contributed by atoms with Gasteiger partial charge in [0, 0.05) is 17.1 Å². The van der Waals surface area contributed by atoms with Crippen molar-refractivity contribution in [3.05, 3.63) is 35.5 Å². The van der Waals surface area contributed by atoms with Crippen molar-refractivity contribution >= 4 is 16.9 Å². The number of carboxylic acids is 1. The van der Waals surface area contributed by atoms with Crippen molar-refractivity contribution in [2.24, 2.45) is 0 Å². The van der Waals surface area contributed by atoms with Gasteiger partial charge in [0.25, 0.3) is 0 Å². The molecular weight excluding hydrogens is 238 g/mol. The molecule has 0 atom stereocenters. The van der Waals surface area contributed by atoms with Gasteiger partial charge >= 0.3 is 5.97 Å². The molecule has 0 amide bonds. The Labute approximate surface area is 113 Å². The summed E-state index contributed by atoms with van der Waals surface area (Å²) in [4.78, 5) is 11.5. The van der Waals surface area contributed by atoms with Gasteiger partial charge in [-0.3, -0.25) is 4.79 Å².